The number of hydrogen-bond donors (Lipinski definition) is 3. The summed E-state index contributed by atoms with van der Waals surface area (Å²) in [5.74, 6) is 0.381. The number of thioether (sulfide) groups is 1. The van der Waals surface area contributed by atoms with Crippen LogP contribution in [0.2, 0.25) is 0 Å². The van der Waals surface area contributed by atoms with Crippen LogP contribution in [0.25, 0.3) is 5.57 Å². The van der Waals surface area contributed by atoms with E-state index in [4.69, 9.17) is 12.2 Å². The Morgan fingerprint density at radius 3 is 2.47 bits per heavy atom. The van der Waals surface area contributed by atoms with Gasteiger partial charge in [-0.05, 0) is 71.9 Å². The zero-order valence-electron chi connectivity index (χ0n) is 21.0. The van der Waals surface area contributed by atoms with Crippen molar-refractivity contribution in [2.45, 2.75) is 43.6 Å². The molecule has 0 radical (unpaired) electrons. The summed E-state index contributed by atoms with van der Waals surface area (Å²) >= 11 is 7.39. The summed E-state index contributed by atoms with van der Waals surface area (Å²) < 4.78 is 14.1. The molecule has 1 heterocycles. The Morgan fingerprint density at radius 1 is 1.05 bits per heavy atom. The van der Waals surface area contributed by atoms with Gasteiger partial charge < -0.3 is 20.2 Å². The zero-order chi connectivity index (χ0) is 26.8. The minimum absolute atomic E-state index is 0.0209. The molecule has 4 nitrogen and oxygen atoms in total. The predicted octanol–water partition coefficient (Wildman–Crippen LogP) is 7.86. The Hall–Kier alpha value is -3.13. The Balaban J connectivity index is 1.46. The number of rotatable bonds is 7. The van der Waals surface area contributed by atoms with Crippen molar-refractivity contribution in [3.63, 3.8) is 0 Å². The molecule has 3 aromatic rings. The quantitative estimate of drug-likeness (QED) is 0.262. The van der Waals surface area contributed by atoms with Gasteiger partial charge in [-0.2, -0.15) is 0 Å². The van der Waals surface area contributed by atoms with Crippen LogP contribution in [0.4, 0.5) is 10.1 Å². The molecule has 1 aliphatic carbocycles. The van der Waals surface area contributed by atoms with Gasteiger partial charge in [-0.1, -0.05) is 79.4 Å². The van der Waals surface area contributed by atoms with Gasteiger partial charge in [-0.25, -0.2) is 4.39 Å². The van der Waals surface area contributed by atoms with Gasteiger partial charge in [0.25, 0.3) is 0 Å². The Labute approximate surface area is 232 Å². The molecule has 2 aliphatic rings. The summed E-state index contributed by atoms with van der Waals surface area (Å²) in [5.41, 5.74) is 4.10. The normalized spacial score (nSPS) is 22.2. The SMILES string of the molecule is CC1C=C(c2ccc(C3C(CCC(O)c4ccc(F)cc4)SC(=S)N3c3ccccc3)c(O)c2)C=C(O)C1. The molecule has 1 fully saturated rings. The molecule has 1 aliphatic heterocycles. The average Bonchev–Trinajstić information content (AvgIpc) is 3.23. The number of aromatic hydroxyl groups is 1. The third kappa shape index (κ3) is 5.65. The van der Waals surface area contributed by atoms with Crippen LogP contribution in [0.15, 0.2) is 90.7 Å². The Kier molecular flexibility index (Phi) is 7.88. The van der Waals surface area contributed by atoms with Gasteiger partial charge in [0.2, 0.25) is 0 Å². The Morgan fingerprint density at radius 2 is 1.79 bits per heavy atom. The zero-order valence-corrected chi connectivity index (χ0v) is 22.6. The second-order valence-corrected chi connectivity index (χ2v) is 11.8. The third-order valence-electron chi connectivity index (χ3n) is 7.09. The number of phenolic OH excluding ortho intramolecular Hbond substituents is 1. The predicted molar refractivity (Wildman–Crippen MR) is 157 cm³/mol. The van der Waals surface area contributed by atoms with E-state index in [1.807, 2.05) is 42.5 Å². The molecule has 0 aromatic heterocycles. The molecule has 4 atom stereocenters. The first-order chi connectivity index (χ1) is 18.3. The summed E-state index contributed by atoms with van der Waals surface area (Å²) in [4.78, 5) is 2.08. The van der Waals surface area contributed by atoms with Crippen molar-refractivity contribution in [2.75, 3.05) is 4.90 Å². The van der Waals surface area contributed by atoms with Crippen molar-refractivity contribution in [2.24, 2.45) is 5.92 Å². The maximum Gasteiger partial charge on any atom is 0.141 e. The molecule has 1 saturated heterocycles. The van der Waals surface area contributed by atoms with Crippen molar-refractivity contribution in [1.82, 2.24) is 0 Å². The minimum atomic E-state index is -0.730. The summed E-state index contributed by atoms with van der Waals surface area (Å²) in [6.07, 6.45) is 4.85. The highest BCUT2D eigenvalue weighted by Crippen LogP contribution is 2.49. The highest BCUT2D eigenvalue weighted by Gasteiger charge is 2.41. The number of aliphatic hydroxyl groups is 2. The monoisotopic (exact) mass is 547 g/mol. The van der Waals surface area contributed by atoms with Crippen molar-refractivity contribution in [1.29, 1.82) is 0 Å². The van der Waals surface area contributed by atoms with Crippen molar-refractivity contribution < 1.29 is 19.7 Å². The van der Waals surface area contributed by atoms with Gasteiger partial charge >= 0.3 is 0 Å². The van der Waals surface area contributed by atoms with Crippen LogP contribution >= 0.6 is 24.0 Å². The smallest absolute Gasteiger partial charge is 0.141 e. The lowest BCUT2D eigenvalue weighted by molar-refractivity contribution is 0.163. The number of thiocarbonyl (C=S) groups is 1. The van der Waals surface area contributed by atoms with Gasteiger partial charge in [0.05, 0.1) is 17.9 Å². The number of phenols is 1. The number of anilines is 1. The van der Waals surface area contributed by atoms with Gasteiger partial charge in [0.15, 0.2) is 0 Å². The number of hydrogen-bond acceptors (Lipinski definition) is 5. The van der Waals surface area contributed by atoms with Crippen molar-refractivity contribution in [3.05, 3.63) is 113 Å². The number of benzene rings is 3. The molecule has 0 spiro atoms. The lowest BCUT2D eigenvalue weighted by Crippen LogP contribution is -2.29. The lowest BCUT2D eigenvalue weighted by atomic mass is 9.90. The van der Waals surface area contributed by atoms with Crippen LogP contribution in [0.1, 0.15) is 55.0 Å². The van der Waals surface area contributed by atoms with E-state index in [0.29, 0.717) is 34.9 Å². The molecule has 0 saturated carbocycles. The Bertz CT molecular complexity index is 1370. The number of aliphatic hydroxyl groups excluding tert-OH is 2. The molecule has 4 unspecified atom stereocenters. The van der Waals surface area contributed by atoms with E-state index in [-0.39, 0.29) is 28.8 Å². The first-order valence-electron chi connectivity index (χ1n) is 12.7. The summed E-state index contributed by atoms with van der Waals surface area (Å²) in [7, 11) is 0. The van der Waals surface area contributed by atoms with Crippen molar-refractivity contribution >= 4 is 39.6 Å². The van der Waals surface area contributed by atoms with E-state index in [1.54, 1.807) is 36.0 Å². The molecule has 0 bridgehead atoms. The van der Waals surface area contributed by atoms with Crippen LogP contribution in [0.3, 0.4) is 0 Å². The maximum absolute atomic E-state index is 13.3. The first kappa shape index (κ1) is 26.5. The summed E-state index contributed by atoms with van der Waals surface area (Å²) in [5, 5.41) is 32.2. The number of allylic oxidation sites excluding steroid dienone is 4. The fraction of sp³-hybridized carbons (Fsp3) is 0.258. The summed E-state index contributed by atoms with van der Waals surface area (Å²) in [6, 6.07) is 21.2. The lowest BCUT2D eigenvalue weighted by Gasteiger charge is -2.30. The standard InChI is InChI=1S/C31H30FNO3S2/c1-19-15-22(17-25(34)16-19)21-9-12-26(28(36)18-21)30-29(14-13-27(35)20-7-10-23(32)11-8-20)38-31(37)33(30)24-5-3-2-4-6-24/h2-12,15,17-19,27,29-30,34-36H,13-14,16H2,1H3. The van der Waals surface area contributed by atoms with Crippen LogP contribution in [0.5, 0.6) is 5.75 Å². The number of halogens is 1. The summed E-state index contributed by atoms with van der Waals surface area (Å²) in [6.45, 7) is 2.05. The van der Waals surface area contributed by atoms with E-state index >= 15 is 0 Å². The second kappa shape index (κ2) is 11.3. The molecule has 5 rings (SSSR count). The van der Waals surface area contributed by atoms with Gasteiger partial charge in [0.1, 0.15) is 15.9 Å². The highest BCUT2D eigenvalue weighted by atomic mass is 32.2. The van der Waals surface area contributed by atoms with Crippen LogP contribution < -0.4 is 4.90 Å². The van der Waals surface area contributed by atoms with Gasteiger partial charge in [0, 0.05) is 22.9 Å². The fourth-order valence-corrected chi connectivity index (χ4v) is 7.08. The molecule has 7 heteroatoms. The second-order valence-electron chi connectivity index (χ2n) is 9.93. The van der Waals surface area contributed by atoms with Crippen molar-refractivity contribution in [3.8, 4) is 5.75 Å². The largest absolute Gasteiger partial charge is 0.512 e. The van der Waals surface area contributed by atoms with E-state index in [1.165, 1.54) is 12.1 Å². The molecule has 196 valence electrons. The third-order valence-corrected chi connectivity index (χ3v) is 8.77. The topological polar surface area (TPSA) is 63.9 Å². The number of nitrogens with zero attached hydrogens (tertiary/aromatic N) is 1. The average molecular weight is 548 g/mol. The molecule has 38 heavy (non-hydrogen) atoms. The maximum atomic E-state index is 13.3. The van der Waals surface area contributed by atoms with Crippen LogP contribution in [0, 0.1) is 11.7 Å². The minimum Gasteiger partial charge on any atom is -0.512 e. The van der Waals surface area contributed by atoms with Gasteiger partial charge in [-0.15, -0.1) is 0 Å². The van der Waals surface area contributed by atoms with E-state index in [9.17, 15) is 19.7 Å². The fourth-order valence-electron chi connectivity index (χ4n) is 5.25. The first-order valence-corrected chi connectivity index (χ1v) is 14.0. The van der Waals surface area contributed by atoms with E-state index in [2.05, 4.69) is 17.9 Å². The molecular weight excluding hydrogens is 517 g/mol. The molecule has 3 aromatic carbocycles. The van der Waals surface area contributed by atoms with Crippen LogP contribution in [-0.2, 0) is 0 Å². The molecular formula is C31H30FNO3S2. The van der Waals surface area contributed by atoms with Gasteiger partial charge in [-0.3, -0.25) is 0 Å². The number of para-hydroxylation sites is 1. The molecule has 0 amide bonds. The van der Waals surface area contributed by atoms with E-state index < -0.39 is 6.10 Å². The highest BCUT2D eigenvalue weighted by molar-refractivity contribution is 8.24. The molecule has 3 N–H and O–H groups in total. The van der Waals surface area contributed by atoms with Crippen LogP contribution in [-0.4, -0.2) is 24.9 Å². The van der Waals surface area contributed by atoms with E-state index in [0.717, 1.165) is 22.4 Å².